The zero-order valence-electron chi connectivity index (χ0n) is 9.64. The minimum absolute atomic E-state index is 0.640. The number of fused-ring (bicyclic) bond motifs is 1. The summed E-state index contributed by atoms with van der Waals surface area (Å²) in [5.41, 5.74) is 2.57. The number of nitriles is 1. The molecule has 0 saturated carbocycles. The normalized spacial score (nSPS) is 10.1. The number of aryl methyl sites for hydroxylation is 1. The van der Waals surface area contributed by atoms with Crippen LogP contribution in [0.15, 0.2) is 18.2 Å². The molecule has 1 heterocycles. The lowest BCUT2D eigenvalue weighted by molar-refractivity contribution is 0.783. The summed E-state index contributed by atoms with van der Waals surface area (Å²) >= 11 is 6.98. The fourth-order valence-electron chi connectivity index (χ4n) is 1.73. The topological polar surface area (TPSA) is 44.5 Å². The first-order valence-corrected chi connectivity index (χ1v) is 6.96. The average molecular weight is 273 g/mol. The first-order chi connectivity index (χ1) is 8.76. The van der Waals surface area contributed by atoms with Gasteiger partial charge in [0.05, 0.1) is 28.4 Å². The van der Waals surface area contributed by atoms with Gasteiger partial charge in [0.1, 0.15) is 0 Å². The van der Waals surface area contributed by atoms with Crippen LogP contribution in [-0.4, -0.2) is 21.1 Å². The van der Waals surface area contributed by atoms with Crippen molar-refractivity contribution in [1.29, 1.82) is 5.26 Å². The van der Waals surface area contributed by atoms with Crippen LogP contribution in [0.4, 0.5) is 0 Å². The molecule has 0 saturated heterocycles. The van der Waals surface area contributed by atoms with Gasteiger partial charge >= 0.3 is 0 Å². The lowest BCUT2D eigenvalue weighted by atomic mass is 10.2. The standard InChI is InChI=1S/C13H11N3S2/c1-2-6-18-7-5-16-12-8-10(9-14)3-4-11(12)15-13(16)17/h1,3-4,8H,5-7H2,(H,15,17). The Hall–Kier alpha value is -1.69. The van der Waals surface area contributed by atoms with Crippen molar-refractivity contribution in [1.82, 2.24) is 9.55 Å². The van der Waals surface area contributed by atoms with E-state index in [1.165, 1.54) is 0 Å². The van der Waals surface area contributed by atoms with Crippen molar-refractivity contribution in [3.8, 4) is 18.4 Å². The Balaban J connectivity index is 2.31. The van der Waals surface area contributed by atoms with E-state index in [1.54, 1.807) is 17.8 Å². The summed E-state index contributed by atoms with van der Waals surface area (Å²) in [5, 5.41) is 8.92. The first-order valence-electron chi connectivity index (χ1n) is 5.40. The number of hydrogen-bond donors (Lipinski definition) is 1. The van der Waals surface area contributed by atoms with Crippen molar-refractivity contribution >= 4 is 35.0 Å². The van der Waals surface area contributed by atoms with E-state index in [0.717, 1.165) is 23.3 Å². The Morgan fingerprint density at radius 1 is 1.50 bits per heavy atom. The summed E-state index contributed by atoms with van der Waals surface area (Å²) in [6.45, 7) is 0.792. The Labute approximate surface area is 115 Å². The van der Waals surface area contributed by atoms with E-state index in [9.17, 15) is 0 Å². The highest BCUT2D eigenvalue weighted by Gasteiger charge is 2.05. The van der Waals surface area contributed by atoms with Crippen molar-refractivity contribution in [3.05, 3.63) is 28.5 Å². The first kappa shape index (κ1) is 12.8. The summed E-state index contributed by atoms with van der Waals surface area (Å²) in [4.78, 5) is 3.14. The molecule has 0 aliphatic carbocycles. The molecule has 1 N–H and O–H groups in total. The van der Waals surface area contributed by atoms with Crippen LogP contribution in [0.5, 0.6) is 0 Å². The van der Waals surface area contributed by atoms with E-state index in [4.69, 9.17) is 23.9 Å². The fraction of sp³-hybridized carbons (Fsp3) is 0.231. The van der Waals surface area contributed by atoms with E-state index in [1.807, 2.05) is 16.7 Å². The van der Waals surface area contributed by atoms with Crippen molar-refractivity contribution in [2.24, 2.45) is 0 Å². The third kappa shape index (κ3) is 2.59. The average Bonchev–Trinajstić information content (AvgIpc) is 2.70. The maximum absolute atomic E-state index is 8.92. The molecule has 0 amide bonds. The van der Waals surface area contributed by atoms with Crippen LogP contribution >= 0.6 is 24.0 Å². The maximum atomic E-state index is 8.92. The summed E-state index contributed by atoms with van der Waals surface area (Å²) in [5.74, 6) is 4.21. The summed E-state index contributed by atoms with van der Waals surface area (Å²) < 4.78 is 2.69. The second kappa shape index (κ2) is 5.77. The molecule has 5 heteroatoms. The van der Waals surface area contributed by atoms with Gasteiger partial charge in [0.2, 0.25) is 0 Å². The SMILES string of the molecule is C#CCSCCn1c(=S)[nH]c2ccc(C#N)cc21. The minimum Gasteiger partial charge on any atom is -0.331 e. The van der Waals surface area contributed by atoms with Gasteiger partial charge in [0.15, 0.2) is 4.77 Å². The zero-order valence-corrected chi connectivity index (χ0v) is 11.3. The van der Waals surface area contributed by atoms with Crippen LogP contribution in [0.3, 0.4) is 0 Å². The highest BCUT2D eigenvalue weighted by molar-refractivity contribution is 7.99. The van der Waals surface area contributed by atoms with Gasteiger partial charge in [-0.15, -0.1) is 18.2 Å². The molecule has 1 aromatic heterocycles. The number of terminal acetylenes is 1. The molecule has 0 unspecified atom stereocenters. The maximum Gasteiger partial charge on any atom is 0.178 e. The van der Waals surface area contributed by atoms with Gasteiger partial charge in [-0.25, -0.2) is 0 Å². The van der Waals surface area contributed by atoms with Gasteiger partial charge in [0, 0.05) is 12.3 Å². The van der Waals surface area contributed by atoms with Crippen molar-refractivity contribution in [2.75, 3.05) is 11.5 Å². The third-order valence-corrected chi connectivity index (χ3v) is 3.71. The second-order valence-electron chi connectivity index (χ2n) is 3.68. The molecule has 0 spiro atoms. The van der Waals surface area contributed by atoms with Gasteiger partial charge in [-0.1, -0.05) is 5.92 Å². The van der Waals surface area contributed by atoms with Gasteiger partial charge in [-0.2, -0.15) is 5.26 Å². The van der Waals surface area contributed by atoms with E-state index in [-0.39, 0.29) is 0 Å². The van der Waals surface area contributed by atoms with E-state index in [2.05, 4.69) is 17.0 Å². The predicted octanol–water partition coefficient (Wildman–Crippen LogP) is 2.94. The van der Waals surface area contributed by atoms with Crippen LogP contribution in [0, 0.1) is 28.4 Å². The molecule has 3 nitrogen and oxygen atoms in total. The number of benzene rings is 1. The Morgan fingerprint density at radius 3 is 3.06 bits per heavy atom. The smallest absolute Gasteiger partial charge is 0.178 e. The van der Waals surface area contributed by atoms with Crippen LogP contribution < -0.4 is 0 Å². The number of aromatic amines is 1. The third-order valence-electron chi connectivity index (χ3n) is 2.55. The highest BCUT2D eigenvalue weighted by Crippen LogP contribution is 2.16. The molecule has 0 aliphatic heterocycles. The summed E-state index contributed by atoms with van der Waals surface area (Å²) in [6.07, 6.45) is 5.21. The van der Waals surface area contributed by atoms with Crippen LogP contribution in [0.1, 0.15) is 5.56 Å². The fourth-order valence-corrected chi connectivity index (χ4v) is 2.60. The number of aromatic nitrogens is 2. The van der Waals surface area contributed by atoms with E-state index >= 15 is 0 Å². The van der Waals surface area contributed by atoms with E-state index < -0.39 is 0 Å². The van der Waals surface area contributed by atoms with E-state index in [0.29, 0.717) is 16.1 Å². The Morgan fingerprint density at radius 2 is 2.33 bits per heavy atom. The quantitative estimate of drug-likeness (QED) is 0.529. The monoisotopic (exact) mass is 273 g/mol. The van der Waals surface area contributed by atoms with Crippen molar-refractivity contribution in [3.63, 3.8) is 0 Å². The molecule has 0 aliphatic rings. The Kier molecular flexibility index (Phi) is 4.09. The van der Waals surface area contributed by atoms with Gasteiger partial charge in [0.25, 0.3) is 0 Å². The highest BCUT2D eigenvalue weighted by atomic mass is 32.2. The number of nitrogens with one attached hydrogen (secondary N) is 1. The van der Waals surface area contributed by atoms with Gasteiger partial charge in [-0.05, 0) is 30.4 Å². The molecule has 0 bridgehead atoms. The molecule has 0 radical (unpaired) electrons. The van der Waals surface area contributed by atoms with Crippen molar-refractivity contribution in [2.45, 2.75) is 6.54 Å². The minimum atomic E-state index is 0.640. The number of H-pyrrole nitrogens is 1. The summed E-state index contributed by atoms with van der Waals surface area (Å²) in [6, 6.07) is 7.66. The number of thioether (sulfide) groups is 1. The molecule has 2 aromatic rings. The van der Waals surface area contributed by atoms with Crippen molar-refractivity contribution < 1.29 is 0 Å². The van der Waals surface area contributed by atoms with Gasteiger partial charge < -0.3 is 9.55 Å². The molecule has 0 fully saturated rings. The molecule has 0 atom stereocenters. The van der Waals surface area contributed by atoms with Crippen LogP contribution in [-0.2, 0) is 6.54 Å². The number of nitrogens with zero attached hydrogens (tertiary/aromatic N) is 2. The number of rotatable bonds is 4. The summed E-state index contributed by atoms with van der Waals surface area (Å²) in [7, 11) is 0. The zero-order chi connectivity index (χ0) is 13.0. The lowest BCUT2D eigenvalue weighted by Gasteiger charge is -2.03. The lowest BCUT2D eigenvalue weighted by Crippen LogP contribution is -2.00. The molecule has 2 rings (SSSR count). The molecule has 18 heavy (non-hydrogen) atoms. The van der Waals surface area contributed by atoms with Crippen LogP contribution in [0.2, 0.25) is 0 Å². The van der Waals surface area contributed by atoms with Crippen LogP contribution in [0.25, 0.3) is 11.0 Å². The number of imidazole rings is 1. The Bertz CT molecular complexity index is 698. The second-order valence-corrected chi connectivity index (χ2v) is 5.17. The number of hydrogen-bond acceptors (Lipinski definition) is 3. The molecule has 90 valence electrons. The molecular weight excluding hydrogens is 262 g/mol. The molecular formula is C13H11N3S2. The van der Waals surface area contributed by atoms with Gasteiger partial charge in [-0.3, -0.25) is 0 Å². The predicted molar refractivity (Wildman–Crippen MR) is 78.0 cm³/mol. The molecule has 1 aromatic carbocycles. The largest absolute Gasteiger partial charge is 0.331 e.